The first-order valence-electron chi connectivity index (χ1n) is 3.18. The average molecular weight is 296 g/mol. The molecule has 0 unspecified atom stereocenters. The van der Waals surface area contributed by atoms with Gasteiger partial charge in [-0.25, -0.2) is 0 Å². The predicted octanol–water partition coefficient (Wildman–Crippen LogP) is 2.68. The highest BCUT2D eigenvalue weighted by molar-refractivity contribution is 14.1. The van der Waals surface area contributed by atoms with Crippen LogP contribution in [0.5, 0.6) is 5.75 Å². The van der Waals surface area contributed by atoms with Gasteiger partial charge in [-0.3, -0.25) is 4.79 Å². The van der Waals surface area contributed by atoms with Gasteiger partial charge in [-0.1, -0.05) is 0 Å². The van der Waals surface area contributed by atoms with Crippen LogP contribution in [0.3, 0.4) is 0 Å². The number of ether oxygens (including phenoxy) is 1. The van der Waals surface area contributed by atoms with E-state index in [0.717, 1.165) is 3.57 Å². The highest BCUT2D eigenvalue weighted by Crippen LogP contribution is 2.20. The molecular weight excluding hydrogens is 290 g/mol. The smallest absolute Gasteiger partial charge is 0.253 e. The normalized spacial score (nSPS) is 9.58. The number of carbonyl (C=O) groups excluding carboxylic acids is 1. The molecule has 0 saturated carbocycles. The highest BCUT2D eigenvalue weighted by atomic mass is 127. The van der Waals surface area contributed by atoms with E-state index in [1.165, 1.54) is 0 Å². The summed E-state index contributed by atoms with van der Waals surface area (Å²) in [6, 6.07) is 5.19. The molecule has 1 aromatic carbocycles. The lowest BCUT2D eigenvalue weighted by Crippen LogP contribution is -1.94. The zero-order valence-electron chi connectivity index (χ0n) is 6.30. The van der Waals surface area contributed by atoms with Crippen LogP contribution in [0.15, 0.2) is 18.2 Å². The maximum absolute atomic E-state index is 10.8. The van der Waals surface area contributed by atoms with Gasteiger partial charge in [-0.15, -0.1) is 0 Å². The summed E-state index contributed by atoms with van der Waals surface area (Å²) in [5.74, 6) is 0.638. The van der Waals surface area contributed by atoms with Gasteiger partial charge in [0.2, 0.25) is 0 Å². The molecule has 1 rings (SSSR count). The van der Waals surface area contributed by atoms with Crippen molar-refractivity contribution in [1.29, 1.82) is 0 Å². The molecule has 0 spiro atoms. The summed E-state index contributed by atoms with van der Waals surface area (Å²) in [5.41, 5.74) is 0.483. The van der Waals surface area contributed by atoms with Crippen LogP contribution in [-0.2, 0) is 0 Å². The van der Waals surface area contributed by atoms with E-state index in [1.807, 2.05) is 22.6 Å². The minimum atomic E-state index is -0.460. The Morgan fingerprint density at radius 1 is 1.58 bits per heavy atom. The Bertz CT molecular complexity index is 312. The lowest BCUT2D eigenvalue weighted by atomic mass is 10.2. The molecule has 0 aromatic heterocycles. The van der Waals surface area contributed by atoms with Crippen LogP contribution in [0.25, 0.3) is 0 Å². The second-order valence-corrected chi connectivity index (χ2v) is 3.62. The molecule has 0 aliphatic rings. The van der Waals surface area contributed by atoms with Crippen LogP contribution in [0.1, 0.15) is 10.4 Å². The molecule has 12 heavy (non-hydrogen) atoms. The Balaban J connectivity index is 3.17. The van der Waals surface area contributed by atoms with Gasteiger partial charge in [0.05, 0.1) is 12.7 Å². The summed E-state index contributed by atoms with van der Waals surface area (Å²) in [6.07, 6.45) is 0. The molecule has 4 heteroatoms. The molecule has 64 valence electrons. The minimum absolute atomic E-state index is 0.460. The number of methoxy groups -OCH3 is 1. The van der Waals surface area contributed by atoms with Crippen molar-refractivity contribution in [3.05, 3.63) is 27.3 Å². The van der Waals surface area contributed by atoms with Gasteiger partial charge < -0.3 is 4.74 Å². The summed E-state index contributed by atoms with van der Waals surface area (Å²) in [5, 5.41) is -0.460. The van der Waals surface area contributed by atoms with Crippen molar-refractivity contribution in [2.24, 2.45) is 0 Å². The Kier molecular flexibility index (Phi) is 3.34. The van der Waals surface area contributed by atoms with E-state index in [9.17, 15) is 4.79 Å². The number of benzene rings is 1. The fraction of sp³-hybridized carbons (Fsp3) is 0.125. The van der Waals surface area contributed by atoms with E-state index in [0.29, 0.717) is 11.3 Å². The topological polar surface area (TPSA) is 26.3 Å². The maximum atomic E-state index is 10.8. The van der Waals surface area contributed by atoms with E-state index >= 15 is 0 Å². The fourth-order valence-electron chi connectivity index (χ4n) is 0.782. The second-order valence-electron chi connectivity index (χ2n) is 2.12. The number of hydrogen-bond donors (Lipinski definition) is 0. The van der Waals surface area contributed by atoms with Gasteiger partial charge in [0, 0.05) is 3.57 Å². The highest BCUT2D eigenvalue weighted by Gasteiger charge is 2.07. The van der Waals surface area contributed by atoms with Crippen molar-refractivity contribution >= 4 is 39.4 Å². The van der Waals surface area contributed by atoms with E-state index in [-0.39, 0.29) is 0 Å². The Morgan fingerprint density at radius 2 is 2.25 bits per heavy atom. The summed E-state index contributed by atoms with van der Waals surface area (Å²) in [6.45, 7) is 0. The lowest BCUT2D eigenvalue weighted by molar-refractivity contribution is 0.108. The number of carbonyl (C=O) groups is 1. The molecule has 0 saturated heterocycles. The van der Waals surface area contributed by atoms with Crippen molar-refractivity contribution in [3.63, 3.8) is 0 Å². The molecule has 0 atom stereocenters. The van der Waals surface area contributed by atoms with Gasteiger partial charge in [-0.05, 0) is 52.4 Å². The zero-order valence-corrected chi connectivity index (χ0v) is 9.22. The summed E-state index contributed by atoms with van der Waals surface area (Å²) >= 11 is 7.39. The Hall–Kier alpha value is -0.290. The SMILES string of the molecule is COc1ccc(I)c(C(=O)Cl)c1. The molecule has 0 aliphatic heterocycles. The third-order valence-corrected chi connectivity index (χ3v) is 2.53. The first-order chi connectivity index (χ1) is 5.65. The van der Waals surface area contributed by atoms with Crippen LogP contribution >= 0.6 is 34.2 Å². The lowest BCUT2D eigenvalue weighted by Gasteiger charge is -2.02. The van der Waals surface area contributed by atoms with Crippen LogP contribution in [-0.4, -0.2) is 12.4 Å². The third-order valence-electron chi connectivity index (χ3n) is 1.39. The van der Waals surface area contributed by atoms with Crippen molar-refractivity contribution in [2.45, 2.75) is 0 Å². The monoisotopic (exact) mass is 296 g/mol. The predicted molar refractivity (Wildman–Crippen MR) is 55.9 cm³/mol. The van der Waals surface area contributed by atoms with E-state index < -0.39 is 5.24 Å². The zero-order chi connectivity index (χ0) is 9.14. The van der Waals surface area contributed by atoms with Crippen molar-refractivity contribution < 1.29 is 9.53 Å². The van der Waals surface area contributed by atoms with Crippen LogP contribution in [0, 0.1) is 3.57 Å². The van der Waals surface area contributed by atoms with Gasteiger partial charge in [0.1, 0.15) is 5.75 Å². The summed E-state index contributed by atoms with van der Waals surface area (Å²) < 4.78 is 5.77. The van der Waals surface area contributed by atoms with E-state index in [1.54, 1.807) is 25.3 Å². The van der Waals surface area contributed by atoms with Gasteiger partial charge in [-0.2, -0.15) is 0 Å². The summed E-state index contributed by atoms with van der Waals surface area (Å²) in [4.78, 5) is 10.8. The molecule has 0 bridgehead atoms. The van der Waals surface area contributed by atoms with Crippen molar-refractivity contribution in [3.8, 4) is 5.75 Å². The molecule has 2 nitrogen and oxygen atoms in total. The number of halogens is 2. The first kappa shape index (κ1) is 9.80. The van der Waals surface area contributed by atoms with Gasteiger partial charge in [0.25, 0.3) is 5.24 Å². The standard InChI is InChI=1S/C8H6ClIO2/c1-12-5-2-3-7(10)6(4-5)8(9)11/h2-4H,1H3. The van der Waals surface area contributed by atoms with Crippen LogP contribution < -0.4 is 4.74 Å². The fourth-order valence-corrected chi connectivity index (χ4v) is 1.68. The molecule has 1 aromatic rings. The average Bonchev–Trinajstić information content (AvgIpc) is 2.05. The Morgan fingerprint density at radius 3 is 2.75 bits per heavy atom. The van der Waals surface area contributed by atoms with Gasteiger partial charge >= 0.3 is 0 Å². The molecule has 0 aliphatic carbocycles. The molecule has 0 heterocycles. The quantitative estimate of drug-likeness (QED) is 0.619. The van der Waals surface area contributed by atoms with Gasteiger partial charge in [0.15, 0.2) is 0 Å². The van der Waals surface area contributed by atoms with Crippen molar-refractivity contribution in [1.82, 2.24) is 0 Å². The Labute approximate surface area is 89.0 Å². The van der Waals surface area contributed by atoms with E-state index in [2.05, 4.69) is 0 Å². The third kappa shape index (κ3) is 2.10. The second kappa shape index (κ2) is 4.09. The summed E-state index contributed by atoms with van der Waals surface area (Å²) in [7, 11) is 1.55. The maximum Gasteiger partial charge on any atom is 0.253 e. The van der Waals surface area contributed by atoms with Crippen molar-refractivity contribution in [2.75, 3.05) is 7.11 Å². The molecule has 0 N–H and O–H groups in total. The largest absolute Gasteiger partial charge is 0.497 e. The molecule has 0 amide bonds. The molecule has 0 radical (unpaired) electrons. The van der Waals surface area contributed by atoms with Crippen LogP contribution in [0.2, 0.25) is 0 Å². The number of hydrogen-bond acceptors (Lipinski definition) is 2. The minimum Gasteiger partial charge on any atom is -0.497 e. The number of rotatable bonds is 2. The first-order valence-corrected chi connectivity index (χ1v) is 4.64. The molecule has 0 fully saturated rings. The molecular formula is C8H6ClIO2. The van der Waals surface area contributed by atoms with Crippen LogP contribution in [0.4, 0.5) is 0 Å². The van der Waals surface area contributed by atoms with E-state index in [4.69, 9.17) is 16.3 Å².